The van der Waals surface area contributed by atoms with Gasteiger partial charge in [-0.2, -0.15) is 0 Å². The molecule has 1 aromatic carbocycles. The molecule has 1 saturated carbocycles. The van der Waals surface area contributed by atoms with Crippen molar-refractivity contribution < 1.29 is 9.18 Å². The Kier molecular flexibility index (Phi) is 4.50. The molecule has 0 heterocycles. The predicted molar refractivity (Wildman–Crippen MR) is 71.8 cm³/mol. The summed E-state index contributed by atoms with van der Waals surface area (Å²) in [4.78, 5) is 13.5. The molecule has 0 spiro atoms. The molecule has 1 aliphatic rings. The third-order valence-electron chi connectivity index (χ3n) is 3.14. The zero-order chi connectivity index (χ0) is 13.8. The van der Waals surface area contributed by atoms with E-state index in [2.05, 4.69) is 5.32 Å². The molecule has 1 aliphatic carbocycles. The third-order valence-corrected chi connectivity index (χ3v) is 3.14. The van der Waals surface area contributed by atoms with E-state index in [4.69, 9.17) is 5.73 Å². The highest BCUT2D eigenvalue weighted by molar-refractivity contribution is 5.78. The van der Waals surface area contributed by atoms with Crippen LogP contribution >= 0.6 is 0 Å². The van der Waals surface area contributed by atoms with E-state index >= 15 is 0 Å². The highest BCUT2D eigenvalue weighted by Crippen LogP contribution is 2.18. The molecular formula is C14H20FN3O. The second kappa shape index (κ2) is 6.12. The molecule has 0 aromatic heterocycles. The Labute approximate surface area is 112 Å². The zero-order valence-electron chi connectivity index (χ0n) is 11.2. The van der Waals surface area contributed by atoms with Crippen LogP contribution in [0.2, 0.25) is 0 Å². The van der Waals surface area contributed by atoms with Crippen LogP contribution in [-0.4, -0.2) is 30.4 Å². The van der Waals surface area contributed by atoms with Crippen LogP contribution in [0.4, 0.5) is 4.39 Å². The lowest BCUT2D eigenvalue weighted by Crippen LogP contribution is -2.35. The molecule has 0 saturated heterocycles. The summed E-state index contributed by atoms with van der Waals surface area (Å²) >= 11 is 0. The summed E-state index contributed by atoms with van der Waals surface area (Å²) < 4.78 is 13.3. The minimum Gasteiger partial charge on any atom is -0.352 e. The molecule has 2 rings (SSSR count). The van der Waals surface area contributed by atoms with Gasteiger partial charge in [-0.15, -0.1) is 0 Å². The number of likely N-dealkylation sites (N-methyl/N-ethyl adjacent to an activating group) is 1. The topological polar surface area (TPSA) is 58.4 Å². The number of carbonyl (C=O) groups is 1. The lowest BCUT2D eigenvalue weighted by atomic mass is 10.1. The molecule has 0 aliphatic heterocycles. The summed E-state index contributed by atoms with van der Waals surface area (Å²) in [5.74, 6) is -0.230. The first kappa shape index (κ1) is 14.0. The Hall–Kier alpha value is -1.46. The van der Waals surface area contributed by atoms with E-state index in [1.807, 2.05) is 11.9 Å². The first-order chi connectivity index (χ1) is 9.08. The van der Waals surface area contributed by atoms with Crippen LogP contribution in [0.25, 0.3) is 0 Å². The van der Waals surface area contributed by atoms with Crippen LogP contribution in [0.1, 0.15) is 24.0 Å². The number of amides is 1. The van der Waals surface area contributed by atoms with E-state index in [9.17, 15) is 9.18 Å². The number of rotatable bonds is 6. The van der Waals surface area contributed by atoms with Crippen molar-refractivity contribution >= 4 is 5.91 Å². The van der Waals surface area contributed by atoms with Crippen LogP contribution < -0.4 is 11.1 Å². The van der Waals surface area contributed by atoms with Gasteiger partial charge >= 0.3 is 0 Å². The lowest BCUT2D eigenvalue weighted by molar-refractivity contribution is -0.122. The second-order valence-corrected chi connectivity index (χ2v) is 5.14. The summed E-state index contributed by atoms with van der Waals surface area (Å²) in [5, 5.41) is 2.94. The average molecular weight is 265 g/mol. The maximum atomic E-state index is 13.3. The maximum Gasteiger partial charge on any atom is 0.234 e. The monoisotopic (exact) mass is 265 g/mol. The molecule has 1 amide bonds. The average Bonchev–Trinajstić information content (AvgIpc) is 3.15. The molecule has 3 N–H and O–H groups in total. The van der Waals surface area contributed by atoms with Crippen molar-refractivity contribution in [1.82, 2.24) is 10.2 Å². The lowest BCUT2D eigenvalue weighted by Gasteiger charge is -2.17. The molecule has 0 bridgehead atoms. The second-order valence-electron chi connectivity index (χ2n) is 5.14. The van der Waals surface area contributed by atoms with Gasteiger partial charge in [-0.1, -0.05) is 12.1 Å². The SMILES string of the molecule is CN(CC(=O)NC1CC1)Cc1ccc(F)c(CN)c1. The molecule has 19 heavy (non-hydrogen) atoms. The van der Waals surface area contributed by atoms with Crippen LogP contribution in [0, 0.1) is 5.82 Å². The summed E-state index contributed by atoms with van der Waals surface area (Å²) in [6.45, 7) is 1.14. The van der Waals surface area contributed by atoms with Crippen molar-refractivity contribution in [1.29, 1.82) is 0 Å². The van der Waals surface area contributed by atoms with Gasteiger partial charge in [0.25, 0.3) is 0 Å². The number of hydrogen-bond donors (Lipinski definition) is 2. The molecule has 1 aromatic rings. The fourth-order valence-electron chi connectivity index (χ4n) is 2.00. The van der Waals surface area contributed by atoms with Crippen molar-refractivity contribution in [2.24, 2.45) is 5.73 Å². The van der Waals surface area contributed by atoms with Crippen molar-refractivity contribution in [3.8, 4) is 0 Å². The fraction of sp³-hybridized carbons (Fsp3) is 0.500. The number of nitrogens with one attached hydrogen (secondary N) is 1. The molecule has 0 atom stereocenters. The van der Waals surface area contributed by atoms with Crippen molar-refractivity contribution in [3.63, 3.8) is 0 Å². The van der Waals surface area contributed by atoms with Gasteiger partial charge < -0.3 is 11.1 Å². The van der Waals surface area contributed by atoms with Gasteiger partial charge in [-0.05, 0) is 31.5 Å². The number of nitrogens with two attached hydrogens (primary N) is 1. The number of halogens is 1. The highest BCUT2D eigenvalue weighted by Gasteiger charge is 2.23. The Bertz CT molecular complexity index is 460. The van der Waals surface area contributed by atoms with Crippen LogP contribution in [0.3, 0.4) is 0 Å². The minimum atomic E-state index is -0.277. The van der Waals surface area contributed by atoms with Crippen molar-refractivity contribution in [2.75, 3.05) is 13.6 Å². The quantitative estimate of drug-likeness (QED) is 0.806. The van der Waals surface area contributed by atoms with E-state index < -0.39 is 0 Å². The smallest absolute Gasteiger partial charge is 0.234 e. The number of carbonyl (C=O) groups excluding carboxylic acids is 1. The summed E-state index contributed by atoms with van der Waals surface area (Å²) in [7, 11) is 1.87. The largest absolute Gasteiger partial charge is 0.352 e. The van der Waals surface area contributed by atoms with E-state index in [0.717, 1.165) is 18.4 Å². The van der Waals surface area contributed by atoms with Gasteiger partial charge in [0.1, 0.15) is 5.82 Å². The molecule has 0 unspecified atom stereocenters. The van der Waals surface area contributed by atoms with Gasteiger partial charge in [0, 0.05) is 24.7 Å². The number of nitrogens with zero attached hydrogens (tertiary/aromatic N) is 1. The van der Waals surface area contributed by atoms with Crippen LogP contribution in [0.15, 0.2) is 18.2 Å². The fourth-order valence-corrected chi connectivity index (χ4v) is 2.00. The molecule has 5 heteroatoms. The molecule has 4 nitrogen and oxygen atoms in total. The van der Waals surface area contributed by atoms with Gasteiger partial charge in [0.15, 0.2) is 0 Å². The van der Waals surface area contributed by atoms with Gasteiger partial charge in [-0.25, -0.2) is 4.39 Å². The molecule has 1 fully saturated rings. The Morgan fingerprint density at radius 3 is 2.89 bits per heavy atom. The molecule has 104 valence electrons. The standard InChI is InChI=1S/C14H20FN3O/c1-18(9-14(19)17-12-3-4-12)8-10-2-5-13(15)11(6-10)7-16/h2,5-6,12H,3-4,7-9,16H2,1H3,(H,17,19). The Morgan fingerprint density at radius 2 is 2.26 bits per heavy atom. The van der Waals surface area contributed by atoms with Crippen molar-refractivity contribution in [3.05, 3.63) is 35.1 Å². The molecule has 0 radical (unpaired) electrons. The van der Waals surface area contributed by atoms with Crippen LogP contribution in [-0.2, 0) is 17.9 Å². The van der Waals surface area contributed by atoms with E-state index in [1.165, 1.54) is 6.07 Å². The van der Waals surface area contributed by atoms with Crippen molar-refractivity contribution in [2.45, 2.75) is 32.0 Å². The van der Waals surface area contributed by atoms with Gasteiger partial charge in [0.05, 0.1) is 6.54 Å². The van der Waals surface area contributed by atoms with Gasteiger partial charge in [0.2, 0.25) is 5.91 Å². The first-order valence-corrected chi connectivity index (χ1v) is 6.53. The molecular weight excluding hydrogens is 245 g/mol. The number of hydrogen-bond acceptors (Lipinski definition) is 3. The van der Waals surface area contributed by atoms with Gasteiger partial charge in [-0.3, -0.25) is 9.69 Å². The first-order valence-electron chi connectivity index (χ1n) is 6.53. The van der Waals surface area contributed by atoms with Crippen LogP contribution in [0.5, 0.6) is 0 Å². The minimum absolute atomic E-state index is 0.0474. The van der Waals surface area contributed by atoms with E-state index in [1.54, 1.807) is 12.1 Å². The number of benzene rings is 1. The summed E-state index contributed by atoms with van der Waals surface area (Å²) in [5.41, 5.74) is 6.94. The summed E-state index contributed by atoms with van der Waals surface area (Å²) in [6.07, 6.45) is 2.18. The third kappa shape index (κ3) is 4.29. The maximum absolute atomic E-state index is 13.3. The Morgan fingerprint density at radius 1 is 1.53 bits per heavy atom. The van der Waals surface area contributed by atoms with E-state index in [0.29, 0.717) is 24.7 Å². The van der Waals surface area contributed by atoms with E-state index in [-0.39, 0.29) is 18.3 Å². The Balaban J connectivity index is 1.86. The highest BCUT2D eigenvalue weighted by atomic mass is 19.1. The normalized spacial score (nSPS) is 14.7. The predicted octanol–water partition coefficient (Wildman–Crippen LogP) is 0.995. The zero-order valence-corrected chi connectivity index (χ0v) is 11.2. The summed E-state index contributed by atoms with van der Waals surface area (Å²) in [6, 6.07) is 5.29.